The lowest BCUT2D eigenvalue weighted by molar-refractivity contribution is 0.411. The molecule has 148 valence electrons. The molecule has 0 saturated heterocycles. The van der Waals surface area contributed by atoms with Gasteiger partial charge in [0.05, 0.1) is 24.2 Å². The van der Waals surface area contributed by atoms with Gasteiger partial charge in [0, 0.05) is 41.3 Å². The first kappa shape index (κ1) is 17.9. The first-order chi connectivity index (χ1) is 13.9. The van der Waals surface area contributed by atoms with Crippen molar-refractivity contribution in [3.63, 3.8) is 0 Å². The average molecular weight is 387 g/mol. The van der Waals surface area contributed by atoms with Gasteiger partial charge < -0.3 is 19.0 Å². The molecule has 0 fully saturated rings. The predicted octanol–water partition coefficient (Wildman–Crippen LogP) is 5.85. The molecule has 0 unspecified atom stereocenters. The second kappa shape index (κ2) is 6.14. The fourth-order valence-corrected chi connectivity index (χ4v) is 4.51. The number of pyridine rings is 1. The van der Waals surface area contributed by atoms with Gasteiger partial charge in [-0.3, -0.25) is 4.98 Å². The van der Waals surface area contributed by atoms with Crippen LogP contribution in [0.2, 0.25) is 0 Å². The minimum Gasteiger partial charge on any atom is -0.496 e. The van der Waals surface area contributed by atoms with Crippen molar-refractivity contribution in [1.29, 1.82) is 0 Å². The number of aryl methyl sites for hydroxylation is 2. The van der Waals surface area contributed by atoms with E-state index in [0.717, 1.165) is 50.3 Å². The Kier molecular flexibility index (Phi) is 3.78. The van der Waals surface area contributed by atoms with Crippen LogP contribution in [-0.2, 0) is 0 Å². The van der Waals surface area contributed by atoms with E-state index in [-0.39, 0.29) is 6.17 Å². The topological polar surface area (TPSA) is 41.7 Å². The molecule has 5 nitrogen and oxygen atoms in total. The third-order valence-corrected chi connectivity index (χ3v) is 6.19. The Labute approximate surface area is 170 Å². The van der Waals surface area contributed by atoms with Crippen molar-refractivity contribution in [3.05, 3.63) is 53.3 Å². The van der Waals surface area contributed by atoms with Gasteiger partial charge in [-0.2, -0.15) is 0 Å². The zero-order chi connectivity index (χ0) is 20.4. The molecule has 5 rings (SSSR count). The van der Waals surface area contributed by atoms with Crippen LogP contribution in [0.3, 0.4) is 0 Å². The number of rotatable bonds is 2. The molecule has 1 atom stereocenters. The number of aromatic nitrogens is 1. The van der Waals surface area contributed by atoms with Crippen LogP contribution < -0.4 is 14.5 Å². The predicted molar refractivity (Wildman–Crippen MR) is 119 cm³/mol. The highest BCUT2D eigenvalue weighted by Crippen LogP contribution is 2.48. The minimum atomic E-state index is 0.177. The van der Waals surface area contributed by atoms with Gasteiger partial charge in [0.15, 0.2) is 5.58 Å². The minimum absolute atomic E-state index is 0.177. The van der Waals surface area contributed by atoms with E-state index in [1.165, 1.54) is 11.3 Å². The van der Waals surface area contributed by atoms with E-state index < -0.39 is 0 Å². The lowest BCUT2D eigenvalue weighted by Gasteiger charge is -2.29. The van der Waals surface area contributed by atoms with E-state index in [4.69, 9.17) is 9.15 Å². The molecule has 1 aliphatic heterocycles. The monoisotopic (exact) mass is 387 g/mol. The van der Waals surface area contributed by atoms with Crippen LogP contribution in [-0.4, -0.2) is 25.3 Å². The number of methoxy groups -OCH3 is 1. The fraction of sp³-hybridized carbons (Fsp3) is 0.292. The van der Waals surface area contributed by atoms with Crippen molar-refractivity contribution in [2.75, 3.05) is 24.0 Å². The van der Waals surface area contributed by atoms with Crippen LogP contribution in [0.1, 0.15) is 23.7 Å². The molecular formula is C24H25N3O2. The van der Waals surface area contributed by atoms with E-state index >= 15 is 0 Å². The number of ether oxygens (including phenoxy) is 1. The number of hydrogen-bond acceptors (Lipinski definition) is 5. The van der Waals surface area contributed by atoms with E-state index in [2.05, 4.69) is 66.9 Å². The molecule has 0 radical (unpaired) electrons. The molecule has 1 aliphatic rings. The third kappa shape index (κ3) is 2.43. The molecule has 2 aromatic heterocycles. The maximum absolute atomic E-state index is 6.23. The van der Waals surface area contributed by atoms with Crippen LogP contribution in [0.5, 0.6) is 5.75 Å². The highest BCUT2D eigenvalue weighted by atomic mass is 16.5. The smallest absolute Gasteiger partial charge is 0.156 e. The van der Waals surface area contributed by atoms with Crippen LogP contribution >= 0.6 is 0 Å². The third-order valence-electron chi connectivity index (χ3n) is 6.19. The number of benzene rings is 2. The molecule has 4 aromatic rings. The lowest BCUT2D eigenvalue weighted by Crippen LogP contribution is -2.36. The van der Waals surface area contributed by atoms with Gasteiger partial charge in [-0.15, -0.1) is 0 Å². The summed E-state index contributed by atoms with van der Waals surface area (Å²) in [4.78, 5) is 9.07. The standard InChI is InChI=1S/C24H25N3O2/c1-13-9-19(14(2)22(10-13)28-6)27-16(4)26(5)20-11-18-17-7-8-25-15(3)24(17)29-23(18)12-21(20)27/h7-12,16H,1-6H3/t16-/m0/s1. The molecule has 5 heteroatoms. The van der Waals surface area contributed by atoms with Crippen molar-refractivity contribution < 1.29 is 9.15 Å². The molecule has 0 N–H and O–H groups in total. The van der Waals surface area contributed by atoms with Crippen LogP contribution in [0.4, 0.5) is 17.1 Å². The van der Waals surface area contributed by atoms with Crippen molar-refractivity contribution >= 4 is 39.0 Å². The molecule has 0 aliphatic carbocycles. The van der Waals surface area contributed by atoms with Gasteiger partial charge in [0.1, 0.15) is 17.5 Å². The Morgan fingerprint density at radius 3 is 2.55 bits per heavy atom. The van der Waals surface area contributed by atoms with Crippen molar-refractivity contribution in [2.24, 2.45) is 0 Å². The van der Waals surface area contributed by atoms with Gasteiger partial charge in [-0.1, -0.05) is 0 Å². The number of furan rings is 1. The summed E-state index contributed by atoms with van der Waals surface area (Å²) in [5.41, 5.74) is 8.48. The summed E-state index contributed by atoms with van der Waals surface area (Å²) < 4.78 is 11.9. The quantitative estimate of drug-likeness (QED) is 0.432. The SMILES string of the molecule is COc1cc(C)cc(N2c3cc4oc5c(C)nccc5c4cc3N(C)[C@@H]2C)c1C. The van der Waals surface area contributed by atoms with Gasteiger partial charge in [0.25, 0.3) is 0 Å². The molecule has 2 aromatic carbocycles. The Hall–Kier alpha value is -3.21. The van der Waals surface area contributed by atoms with E-state index in [1.54, 1.807) is 7.11 Å². The van der Waals surface area contributed by atoms with Crippen LogP contribution in [0.25, 0.3) is 21.9 Å². The van der Waals surface area contributed by atoms with Gasteiger partial charge in [-0.25, -0.2) is 0 Å². The van der Waals surface area contributed by atoms with E-state index in [1.807, 2.05) is 19.2 Å². The summed E-state index contributed by atoms with van der Waals surface area (Å²) in [5.74, 6) is 0.912. The lowest BCUT2D eigenvalue weighted by atomic mass is 10.1. The Morgan fingerprint density at radius 1 is 1.00 bits per heavy atom. The van der Waals surface area contributed by atoms with E-state index in [9.17, 15) is 0 Å². The summed E-state index contributed by atoms with van der Waals surface area (Å²) in [5, 5.41) is 2.24. The largest absolute Gasteiger partial charge is 0.496 e. The zero-order valence-corrected chi connectivity index (χ0v) is 17.7. The fourth-order valence-electron chi connectivity index (χ4n) is 4.51. The molecule has 3 heterocycles. The number of hydrogen-bond donors (Lipinski definition) is 0. The average Bonchev–Trinajstić information content (AvgIpc) is 3.18. The maximum atomic E-state index is 6.23. The number of anilines is 3. The van der Waals surface area contributed by atoms with Gasteiger partial charge in [-0.05, 0) is 57.5 Å². The highest BCUT2D eigenvalue weighted by molar-refractivity contribution is 6.09. The van der Waals surface area contributed by atoms with Crippen LogP contribution in [0.15, 0.2) is 40.9 Å². The second-order valence-corrected chi connectivity index (χ2v) is 7.94. The molecule has 29 heavy (non-hydrogen) atoms. The second-order valence-electron chi connectivity index (χ2n) is 7.94. The summed E-state index contributed by atoms with van der Waals surface area (Å²) >= 11 is 0. The van der Waals surface area contributed by atoms with Crippen molar-refractivity contribution in [2.45, 2.75) is 33.9 Å². The zero-order valence-electron chi connectivity index (χ0n) is 17.7. The first-order valence-corrected chi connectivity index (χ1v) is 9.90. The van der Waals surface area contributed by atoms with Gasteiger partial charge >= 0.3 is 0 Å². The summed E-state index contributed by atoms with van der Waals surface area (Å²) in [6.07, 6.45) is 2.03. The molecular weight excluding hydrogens is 362 g/mol. The summed E-state index contributed by atoms with van der Waals surface area (Å²) in [6, 6.07) is 10.8. The highest BCUT2D eigenvalue weighted by Gasteiger charge is 2.34. The Bertz CT molecular complexity index is 1270. The van der Waals surface area contributed by atoms with Crippen molar-refractivity contribution in [3.8, 4) is 5.75 Å². The molecule has 0 bridgehead atoms. The first-order valence-electron chi connectivity index (χ1n) is 9.90. The number of fused-ring (bicyclic) bond motifs is 4. The Balaban J connectivity index is 1.78. The molecule has 0 amide bonds. The van der Waals surface area contributed by atoms with Gasteiger partial charge in [0.2, 0.25) is 0 Å². The normalized spacial score (nSPS) is 16.1. The maximum Gasteiger partial charge on any atom is 0.156 e. The number of nitrogens with zero attached hydrogens (tertiary/aromatic N) is 3. The Morgan fingerprint density at radius 2 is 1.79 bits per heavy atom. The molecule has 0 saturated carbocycles. The van der Waals surface area contributed by atoms with Crippen molar-refractivity contribution in [1.82, 2.24) is 4.98 Å². The summed E-state index contributed by atoms with van der Waals surface area (Å²) in [6.45, 7) is 8.44. The summed E-state index contributed by atoms with van der Waals surface area (Å²) in [7, 11) is 3.88. The molecule has 0 spiro atoms. The van der Waals surface area contributed by atoms with Crippen LogP contribution in [0, 0.1) is 20.8 Å². The van der Waals surface area contributed by atoms with E-state index in [0.29, 0.717) is 0 Å².